The maximum Gasteiger partial charge on any atom is 0.341 e. The molecule has 0 saturated heterocycles. The fourth-order valence-electron chi connectivity index (χ4n) is 3.07. The fourth-order valence-corrected chi connectivity index (χ4v) is 3.07. The Morgan fingerprint density at radius 2 is 1.64 bits per heavy atom. The zero-order chi connectivity index (χ0) is 22.8. The molecule has 0 spiro atoms. The number of carbonyl (C=O) groups excluding carboxylic acids is 1. The van der Waals surface area contributed by atoms with Crippen LogP contribution < -0.4 is 20.5 Å². The smallest absolute Gasteiger partial charge is 0.341 e. The lowest BCUT2D eigenvalue weighted by Gasteiger charge is -2.12. The Bertz CT molecular complexity index is 1040. The van der Waals surface area contributed by atoms with Gasteiger partial charge in [-0.25, -0.2) is 4.79 Å². The van der Waals surface area contributed by atoms with Gasteiger partial charge in [-0.1, -0.05) is 30.3 Å². The molecular formula is C25H27ClN2O5. The van der Waals surface area contributed by atoms with E-state index in [1.807, 2.05) is 18.2 Å². The van der Waals surface area contributed by atoms with Crippen LogP contribution in [0.4, 0.5) is 11.4 Å². The summed E-state index contributed by atoms with van der Waals surface area (Å²) in [4.78, 5) is 23.4. The SMILES string of the molecule is Cl.Nc1ccc(OCC(=O)O)c(NC(=O)c2ccc(OCCCCc3ccccc3)cc2)c1. The van der Waals surface area contributed by atoms with Gasteiger partial charge in [0.25, 0.3) is 5.91 Å². The molecule has 1 amide bonds. The van der Waals surface area contributed by atoms with Gasteiger partial charge < -0.3 is 25.6 Å². The molecule has 8 heteroatoms. The highest BCUT2D eigenvalue weighted by Crippen LogP contribution is 2.27. The highest BCUT2D eigenvalue weighted by atomic mass is 35.5. The van der Waals surface area contributed by atoms with Crippen molar-refractivity contribution >= 4 is 35.7 Å². The molecule has 0 aliphatic carbocycles. The molecule has 0 aromatic heterocycles. The van der Waals surface area contributed by atoms with Crippen LogP contribution in [-0.2, 0) is 11.2 Å². The number of carboxylic acids is 1. The molecule has 0 radical (unpaired) electrons. The molecule has 3 rings (SSSR count). The van der Waals surface area contributed by atoms with Crippen molar-refractivity contribution < 1.29 is 24.2 Å². The van der Waals surface area contributed by atoms with E-state index in [0.717, 1.165) is 19.3 Å². The molecule has 0 saturated carbocycles. The number of hydrogen-bond donors (Lipinski definition) is 3. The number of halogens is 1. The second-order valence-electron chi connectivity index (χ2n) is 7.21. The lowest BCUT2D eigenvalue weighted by molar-refractivity contribution is -0.139. The number of benzene rings is 3. The Balaban J connectivity index is 0.00000385. The number of ether oxygens (including phenoxy) is 2. The number of carbonyl (C=O) groups is 2. The number of unbranched alkanes of at least 4 members (excludes halogenated alkanes) is 1. The van der Waals surface area contributed by atoms with E-state index in [2.05, 4.69) is 17.4 Å². The molecule has 0 fully saturated rings. The monoisotopic (exact) mass is 470 g/mol. The third-order valence-electron chi connectivity index (χ3n) is 4.69. The summed E-state index contributed by atoms with van der Waals surface area (Å²) in [7, 11) is 0. The summed E-state index contributed by atoms with van der Waals surface area (Å²) in [6.45, 7) is 0.0795. The van der Waals surface area contributed by atoms with Crippen LogP contribution in [0.2, 0.25) is 0 Å². The number of rotatable bonds is 11. The number of hydrogen-bond acceptors (Lipinski definition) is 5. The first kappa shape index (κ1) is 25.5. The minimum atomic E-state index is -1.12. The van der Waals surface area contributed by atoms with E-state index in [-0.39, 0.29) is 24.1 Å². The van der Waals surface area contributed by atoms with Crippen molar-refractivity contribution in [2.45, 2.75) is 19.3 Å². The second kappa shape index (κ2) is 13.0. The Morgan fingerprint density at radius 3 is 2.33 bits per heavy atom. The Morgan fingerprint density at radius 1 is 0.909 bits per heavy atom. The molecule has 0 aliphatic rings. The number of anilines is 2. The van der Waals surface area contributed by atoms with Crippen LogP contribution in [0.1, 0.15) is 28.8 Å². The topological polar surface area (TPSA) is 111 Å². The number of nitrogen functional groups attached to an aromatic ring is 1. The lowest BCUT2D eigenvalue weighted by atomic mass is 10.1. The third-order valence-corrected chi connectivity index (χ3v) is 4.69. The van der Waals surface area contributed by atoms with Crippen molar-refractivity contribution in [1.82, 2.24) is 0 Å². The van der Waals surface area contributed by atoms with E-state index in [1.54, 1.807) is 30.3 Å². The van der Waals surface area contributed by atoms with E-state index >= 15 is 0 Å². The van der Waals surface area contributed by atoms with Gasteiger partial charge in [0, 0.05) is 11.3 Å². The van der Waals surface area contributed by atoms with Gasteiger partial charge in [0.2, 0.25) is 0 Å². The van der Waals surface area contributed by atoms with Crippen LogP contribution in [0, 0.1) is 0 Å². The van der Waals surface area contributed by atoms with Gasteiger partial charge in [0.1, 0.15) is 11.5 Å². The minimum Gasteiger partial charge on any atom is -0.494 e. The van der Waals surface area contributed by atoms with Gasteiger partial charge in [-0.2, -0.15) is 0 Å². The van der Waals surface area contributed by atoms with Crippen LogP contribution in [0.15, 0.2) is 72.8 Å². The summed E-state index contributed by atoms with van der Waals surface area (Å²) in [5, 5.41) is 11.5. The van der Waals surface area contributed by atoms with Crippen molar-refractivity contribution in [3.8, 4) is 11.5 Å². The number of nitrogens with two attached hydrogens (primary N) is 1. The van der Waals surface area contributed by atoms with E-state index < -0.39 is 12.6 Å². The quantitative estimate of drug-likeness (QED) is 0.274. The first-order valence-electron chi connectivity index (χ1n) is 10.3. The standard InChI is InChI=1S/C25H26N2O5.ClH/c26-20-11-14-23(32-17-24(28)29)22(16-20)27-25(30)19-9-12-21(13-10-19)31-15-5-4-8-18-6-2-1-3-7-18;/h1-3,6-7,9-14,16H,4-5,8,15,17,26H2,(H,27,30)(H,28,29);1H. The first-order chi connectivity index (χ1) is 15.5. The summed E-state index contributed by atoms with van der Waals surface area (Å²) < 4.78 is 11.0. The number of aryl methyl sites for hydroxylation is 1. The van der Waals surface area contributed by atoms with Gasteiger partial charge in [0.05, 0.1) is 12.3 Å². The van der Waals surface area contributed by atoms with E-state index in [9.17, 15) is 9.59 Å². The maximum absolute atomic E-state index is 12.6. The molecule has 174 valence electrons. The highest BCUT2D eigenvalue weighted by molar-refractivity contribution is 6.05. The van der Waals surface area contributed by atoms with E-state index in [4.69, 9.17) is 20.3 Å². The van der Waals surface area contributed by atoms with E-state index in [0.29, 0.717) is 29.3 Å². The van der Waals surface area contributed by atoms with Gasteiger partial charge in [-0.15, -0.1) is 12.4 Å². The summed E-state index contributed by atoms with van der Waals surface area (Å²) in [6, 6.07) is 21.8. The summed E-state index contributed by atoms with van der Waals surface area (Å²) in [5.41, 5.74) is 8.24. The van der Waals surface area contributed by atoms with Crippen LogP contribution in [0.5, 0.6) is 11.5 Å². The molecule has 0 heterocycles. The molecule has 0 bridgehead atoms. The van der Waals surface area contributed by atoms with Crippen LogP contribution in [0.25, 0.3) is 0 Å². The molecule has 7 nitrogen and oxygen atoms in total. The minimum absolute atomic E-state index is 0. The predicted molar refractivity (Wildman–Crippen MR) is 131 cm³/mol. The Labute approximate surface area is 198 Å². The summed E-state index contributed by atoms with van der Waals surface area (Å²) in [5.74, 6) is -0.568. The zero-order valence-electron chi connectivity index (χ0n) is 18.0. The summed E-state index contributed by atoms with van der Waals surface area (Å²) >= 11 is 0. The third kappa shape index (κ3) is 8.38. The molecule has 33 heavy (non-hydrogen) atoms. The second-order valence-corrected chi connectivity index (χ2v) is 7.21. The molecule has 0 unspecified atom stereocenters. The van der Waals surface area contributed by atoms with Gasteiger partial charge in [0.15, 0.2) is 6.61 Å². The van der Waals surface area contributed by atoms with Crippen LogP contribution in [-0.4, -0.2) is 30.2 Å². The number of nitrogens with one attached hydrogen (secondary N) is 1. The van der Waals surface area contributed by atoms with Crippen LogP contribution in [0.3, 0.4) is 0 Å². The molecule has 3 aromatic carbocycles. The van der Waals surface area contributed by atoms with Crippen molar-refractivity contribution in [1.29, 1.82) is 0 Å². The first-order valence-corrected chi connectivity index (χ1v) is 10.3. The molecule has 0 atom stereocenters. The fraction of sp³-hybridized carbons (Fsp3) is 0.200. The number of carboxylic acid groups (broad SMARTS) is 1. The van der Waals surface area contributed by atoms with Crippen molar-refractivity contribution in [2.75, 3.05) is 24.3 Å². The predicted octanol–water partition coefficient (Wildman–Crippen LogP) is 4.81. The van der Waals surface area contributed by atoms with Crippen LogP contribution >= 0.6 is 12.4 Å². The van der Waals surface area contributed by atoms with E-state index in [1.165, 1.54) is 17.7 Å². The molecule has 3 aromatic rings. The lowest BCUT2D eigenvalue weighted by Crippen LogP contribution is -2.15. The Kier molecular flexibility index (Phi) is 10.0. The van der Waals surface area contributed by atoms with Crippen molar-refractivity contribution in [3.05, 3.63) is 83.9 Å². The molecule has 0 aliphatic heterocycles. The van der Waals surface area contributed by atoms with Crippen molar-refractivity contribution in [3.63, 3.8) is 0 Å². The largest absolute Gasteiger partial charge is 0.494 e. The van der Waals surface area contributed by atoms with Gasteiger partial charge >= 0.3 is 5.97 Å². The average molecular weight is 471 g/mol. The molecular weight excluding hydrogens is 444 g/mol. The molecule has 4 N–H and O–H groups in total. The van der Waals surface area contributed by atoms with Gasteiger partial charge in [-0.05, 0) is 67.3 Å². The zero-order valence-corrected chi connectivity index (χ0v) is 18.8. The normalized spacial score (nSPS) is 10.1. The van der Waals surface area contributed by atoms with Crippen molar-refractivity contribution in [2.24, 2.45) is 0 Å². The average Bonchev–Trinajstić information content (AvgIpc) is 2.79. The van der Waals surface area contributed by atoms with Gasteiger partial charge in [-0.3, -0.25) is 4.79 Å². The summed E-state index contributed by atoms with van der Waals surface area (Å²) in [6.07, 6.45) is 2.99. The number of amides is 1. The number of aliphatic carboxylic acids is 1. The highest BCUT2D eigenvalue weighted by Gasteiger charge is 2.12. The Hall–Kier alpha value is -3.71. The maximum atomic E-state index is 12.6.